The molecule has 6 nitrogen and oxygen atoms in total. The van der Waals surface area contributed by atoms with Crippen LogP contribution in [0.3, 0.4) is 0 Å². The molecule has 25 heavy (non-hydrogen) atoms. The Morgan fingerprint density at radius 2 is 1.88 bits per heavy atom. The molecule has 7 heteroatoms. The van der Waals surface area contributed by atoms with Gasteiger partial charge in [0.15, 0.2) is 5.75 Å². The fraction of sp³-hybridized carbons (Fsp3) is 0.500. The summed E-state index contributed by atoms with van der Waals surface area (Å²) >= 11 is 0. The first-order valence-corrected chi connectivity index (χ1v) is 10.7. The molecule has 0 aromatic heterocycles. The summed E-state index contributed by atoms with van der Waals surface area (Å²) in [5.74, 6) is 0.762. The lowest BCUT2D eigenvalue weighted by atomic mass is 10.0. The van der Waals surface area contributed by atoms with Gasteiger partial charge in [-0.1, -0.05) is 6.08 Å². The van der Waals surface area contributed by atoms with E-state index in [2.05, 4.69) is 17.6 Å². The molecule has 0 bridgehead atoms. The molecule has 1 aliphatic rings. The van der Waals surface area contributed by atoms with Crippen LogP contribution < -0.4 is 10.3 Å². The lowest BCUT2D eigenvalue weighted by Crippen LogP contribution is -2.45. The van der Waals surface area contributed by atoms with Crippen LogP contribution in [-0.2, 0) is 19.7 Å². The second-order valence-corrected chi connectivity index (χ2v) is 8.30. The molecule has 0 saturated heterocycles. The summed E-state index contributed by atoms with van der Waals surface area (Å²) in [7, 11) is -2.62. The topological polar surface area (TPSA) is 72.7 Å². The Morgan fingerprint density at radius 1 is 1.20 bits per heavy atom. The van der Waals surface area contributed by atoms with Crippen LogP contribution in [0.15, 0.2) is 30.0 Å². The van der Waals surface area contributed by atoms with Crippen molar-refractivity contribution in [3.05, 3.63) is 41.1 Å². The minimum atomic E-state index is -2.62. The van der Waals surface area contributed by atoms with E-state index < -0.39 is 8.80 Å². The average molecular weight is 363 g/mol. The molecule has 0 unspecified atom stereocenters. The second kappa shape index (κ2) is 9.58. The van der Waals surface area contributed by atoms with Crippen molar-refractivity contribution in [3.63, 3.8) is 0 Å². The van der Waals surface area contributed by atoms with Crippen molar-refractivity contribution in [2.24, 2.45) is 0 Å². The Bertz CT molecular complexity index is 625. The van der Waals surface area contributed by atoms with Crippen molar-refractivity contribution >= 4 is 8.80 Å². The first kappa shape index (κ1) is 19.5. The van der Waals surface area contributed by atoms with Crippen molar-refractivity contribution in [2.45, 2.75) is 39.7 Å². The zero-order valence-electron chi connectivity index (χ0n) is 15.1. The highest BCUT2D eigenvalue weighted by Gasteiger charge is 2.39. The largest absolute Gasteiger partial charge is 0.501 e. The second-order valence-electron chi connectivity index (χ2n) is 5.57. The number of nitrogens with zero attached hydrogens (tertiary/aromatic N) is 1. The van der Waals surface area contributed by atoms with Crippen molar-refractivity contribution in [3.8, 4) is 11.8 Å². The number of nitrogens with one attached hydrogen (secondary N) is 1. The third-order valence-electron chi connectivity index (χ3n) is 3.80. The highest BCUT2D eigenvalue weighted by atomic mass is 28.4. The molecule has 1 heterocycles. The van der Waals surface area contributed by atoms with Crippen molar-refractivity contribution < 1.29 is 18.1 Å². The lowest BCUT2D eigenvalue weighted by Gasteiger charge is -2.28. The van der Waals surface area contributed by atoms with Crippen molar-refractivity contribution in [1.82, 2.24) is 5.48 Å². The number of nitriles is 1. The van der Waals surface area contributed by atoms with Crippen molar-refractivity contribution in [1.29, 1.82) is 5.26 Å². The normalized spacial score (nSPS) is 15.2. The van der Waals surface area contributed by atoms with Crippen LogP contribution in [0, 0.1) is 11.3 Å². The maximum Gasteiger partial charge on any atom is 0.501 e. The van der Waals surface area contributed by atoms with Crippen LogP contribution in [0.5, 0.6) is 5.75 Å². The monoisotopic (exact) mass is 362 g/mol. The van der Waals surface area contributed by atoms with Gasteiger partial charge < -0.3 is 18.1 Å². The molecule has 0 spiro atoms. The van der Waals surface area contributed by atoms with E-state index in [9.17, 15) is 0 Å². The number of rotatable bonds is 9. The van der Waals surface area contributed by atoms with Crippen LogP contribution in [-0.4, -0.2) is 28.6 Å². The van der Waals surface area contributed by atoms with E-state index in [1.807, 2.05) is 32.9 Å². The van der Waals surface area contributed by atoms with E-state index in [1.54, 1.807) is 6.07 Å². The SMILES string of the molecule is CCO[Si](CCC=C1Cc2cc(C#N)ccc2ON1)(OCC)OCC. The van der Waals surface area contributed by atoms with Crippen LogP contribution >= 0.6 is 0 Å². The van der Waals surface area contributed by atoms with E-state index >= 15 is 0 Å². The molecule has 1 aromatic carbocycles. The molecule has 1 aliphatic heterocycles. The van der Waals surface area contributed by atoms with Gasteiger partial charge in [-0.05, 0) is 45.4 Å². The summed E-state index contributed by atoms with van der Waals surface area (Å²) in [6.07, 6.45) is 3.56. The summed E-state index contributed by atoms with van der Waals surface area (Å²) < 4.78 is 17.6. The van der Waals surface area contributed by atoms with E-state index in [-0.39, 0.29) is 0 Å². The van der Waals surface area contributed by atoms with E-state index in [0.717, 1.165) is 29.5 Å². The van der Waals surface area contributed by atoms with Gasteiger partial charge in [0.2, 0.25) is 0 Å². The number of hydroxylamine groups is 1. The van der Waals surface area contributed by atoms with E-state index in [1.165, 1.54) is 0 Å². The Kier molecular flexibility index (Phi) is 7.46. The zero-order chi connectivity index (χ0) is 18.1. The van der Waals surface area contributed by atoms with Crippen LogP contribution in [0.25, 0.3) is 0 Å². The third kappa shape index (κ3) is 5.31. The van der Waals surface area contributed by atoms with Gasteiger partial charge in [-0.3, -0.25) is 0 Å². The lowest BCUT2D eigenvalue weighted by molar-refractivity contribution is 0.0715. The van der Waals surface area contributed by atoms with Gasteiger partial charge in [0.25, 0.3) is 0 Å². The molecule has 1 N–H and O–H groups in total. The molecule has 136 valence electrons. The molecule has 0 fully saturated rings. The molecular formula is C18H26N2O4Si. The minimum absolute atomic E-state index is 0.578. The minimum Gasteiger partial charge on any atom is -0.382 e. The van der Waals surface area contributed by atoms with Crippen LogP contribution in [0.2, 0.25) is 6.04 Å². The first-order chi connectivity index (χ1) is 12.2. The highest BCUT2D eigenvalue weighted by Crippen LogP contribution is 2.26. The first-order valence-electron chi connectivity index (χ1n) is 8.73. The molecule has 1 aromatic rings. The Hall–Kier alpha value is -1.85. The van der Waals surface area contributed by atoms with Gasteiger partial charge in [0, 0.05) is 43.5 Å². The zero-order valence-corrected chi connectivity index (χ0v) is 16.1. The maximum absolute atomic E-state index is 9.03. The standard InChI is InChI=1S/C18H26N2O4Si/c1-4-21-25(22-5-2,23-6-3)11-7-8-17-13-16-12-15(14-19)9-10-18(16)24-20-17/h8-10,12,20H,4-7,11,13H2,1-3H3. The Labute approximate surface area is 150 Å². The Morgan fingerprint density at radius 3 is 2.48 bits per heavy atom. The van der Waals surface area contributed by atoms with E-state index in [4.69, 9.17) is 23.4 Å². The van der Waals surface area contributed by atoms with Gasteiger partial charge in [-0.15, -0.1) is 0 Å². The predicted molar refractivity (Wildman–Crippen MR) is 96.8 cm³/mol. The van der Waals surface area contributed by atoms with Gasteiger partial charge in [0.1, 0.15) is 0 Å². The highest BCUT2D eigenvalue weighted by molar-refractivity contribution is 6.60. The average Bonchev–Trinajstić information content (AvgIpc) is 2.62. The summed E-state index contributed by atoms with van der Waals surface area (Å²) in [4.78, 5) is 5.55. The number of hydrogen-bond donors (Lipinski definition) is 1. The Balaban J connectivity index is 2.02. The molecule has 2 rings (SSSR count). The summed E-state index contributed by atoms with van der Waals surface area (Å²) in [5, 5.41) is 9.03. The van der Waals surface area contributed by atoms with Crippen LogP contribution in [0.1, 0.15) is 38.3 Å². The number of benzene rings is 1. The molecular weight excluding hydrogens is 336 g/mol. The third-order valence-corrected chi connectivity index (χ3v) is 6.88. The summed E-state index contributed by atoms with van der Waals surface area (Å²) in [6.45, 7) is 7.60. The molecule has 0 atom stereocenters. The number of allylic oxidation sites excluding steroid dienone is 2. The fourth-order valence-electron chi connectivity index (χ4n) is 2.79. The molecule has 0 amide bonds. The van der Waals surface area contributed by atoms with Gasteiger partial charge in [0.05, 0.1) is 11.6 Å². The molecule has 0 aliphatic carbocycles. The predicted octanol–water partition coefficient (Wildman–Crippen LogP) is 3.32. The molecule has 0 saturated carbocycles. The van der Waals surface area contributed by atoms with E-state index in [0.29, 0.717) is 31.8 Å². The number of hydrogen-bond acceptors (Lipinski definition) is 6. The van der Waals surface area contributed by atoms with Crippen LogP contribution in [0.4, 0.5) is 0 Å². The molecule has 0 radical (unpaired) electrons. The fourth-order valence-corrected chi connectivity index (χ4v) is 5.29. The maximum atomic E-state index is 9.03. The summed E-state index contributed by atoms with van der Waals surface area (Å²) in [6, 6.07) is 8.31. The van der Waals surface area contributed by atoms with Gasteiger partial charge >= 0.3 is 8.80 Å². The number of fused-ring (bicyclic) bond motifs is 1. The van der Waals surface area contributed by atoms with Crippen molar-refractivity contribution in [2.75, 3.05) is 19.8 Å². The van der Waals surface area contributed by atoms with Gasteiger partial charge in [-0.2, -0.15) is 5.26 Å². The quantitative estimate of drug-likeness (QED) is 0.680. The van der Waals surface area contributed by atoms with Gasteiger partial charge in [-0.25, -0.2) is 5.48 Å². The summed E-state index contributed by atoms with van der Waals surface area (Å²) in [5.41, 5.74) is 5.58. The smallest absolute Gasteiger partial charge is 0.382 e.